The molecule has 0 aromatic heterocycles. The third-order valence-corrected chi connectivity index (χ3v) is 6.56. The summed E-state index contributed by atoms with van der Waals surface area (Å²) in [6.07, 6.45) is 16.3. The van der Waals surface area contributed by atoms with E-state index in [0.29, 0.717) is 6.04 Å². The molecular formula is C25H45N. The quantitative estimate of drug-likeness (QED) is 0.242. The summed E-state index contributed by atoms with van der Waals surface area (Å²) in [4.78, 5) is 2.65. The van der Waals surface area contributed by atoms with Crippen molar-refractivity contribution in [2.75, 3.05) is 13.6 Å². The molecule has 3 unspecified atom stereocenters. The molecule has 0 N–H and O–H groups in total. The van der Waals surface area contributed by atoms with Crippen molar-refractivity contribution >= 4 is 0 Å². The summed E-state index contributed by atoms with van der Waals surface area (Å²) in [6, 6.07) is 0.675. The Bertz CT molecular complexity index is 471. The lowest BCUT2D eigenvalue weighted by Gasteiger charge is -2.39. The van der Waals surface area contributed by atoms with Gasteiger partial charge in [0.1, 0.15) is 0 Å². The normalized spacial score (nSPS) is 22.4. The molecule has 1 nitrogen and oxygen atoms in total. The molecule has 26 heavy (non-hydrogen) atoms. The van der Waals surface area contributed by atoms with Crippen LogP contribution in [0.25, 0.3) is 0 Å². The van der Waals surface area contributed by atoms with Crippen LogP contribution in [0.1, 0.15) is 92.4 Å². The summed E-state index contributed by atoms with van der Waals surface area (Å²) in [7, 11) is 2.35. The van der Waals surface area contributed by atoms with Crippen molar-refractivity contribution in [1.29, 1.82) is 0 Å². The van der Waals surface area contributed by atoms with E-state index < -0.39 is 0 Å². The Kier molecular flexibility index (Phi) is 11.2. The smallest absolute Gasteiger partial charge is 0.0127 e. The second-order valence-electron chi connectivity index (χ2n) is 8.61. The zero-order valence-electron chi connectivity index (χ0n) is 18.6. The molecule has 0 heterocycles. The van der Waals surface area contributed by atoms with Gasteiger partial charge in [-0.2, -0.15) is 0 Å². The van der Waals surface area contributed by atoms with Crippen molar-refractivity contribution in [2.45, 2.75) is 98.4 Å². The van der Waals surface area contributed by atoms with Gasteiger partial charge in [-0.3, -0.25) is 0 Å². The van der Waals surface area contributed by atoms with Crippen molar-refractivity contribution < 1.29 is 0 Å². The van der Waals surface area contributed by atoms with E-state index in [1.165, 1.54) is 51.5 Å². The van der Waals surface area contributed by atoms with Gasteiger partial charge in [0.25, 0.3) is 0 Å². The number of rotatable bonds is 13. The molecule has 0 radical (unpaired) electrons. The number of nitrogens with zero attached hydrogens (tertiary/aromatic N) is 1. The highest BCUT2D eigenvalue weighted by Gasteiger charge is 2.30. The van der Waals surface area contributed by atoms with Gasteiger partial charge in [0.15, 0.2) is 0 Å². The van der Waals surface area contributed by atoms with Crippen LogP contribution in [0.2, 0.25) is 0 Å². The van der Waals surface area contributed by atoms with Crippen LogP contribution in [0.4, 0.5) is 0 Å². The summed E-state index contributed by atoms with van der Waals surface area (Å²) >= 11 is 0. The molecule has 0 saturated heterocycles. The second kappa shape index (κ2) is 12.5. The van der Waals surface area contributed by atoms with E-state index in [2.05, 4.69) is 65.3 Å². The van der Waals surface area contributed by atoms with E-state index in [4.69, 9.17) is 0 Å². The number of hydrogen-bond acceptors (Lipinski definition) is 1. The molecule has 0 bridgehead atoms. The van der Waals surface area contributed by atoms with E-state index in [1.807, 2.05) is 0 Å². The molecule has 1 saturated carbocycles. The van der Waals surface area contributed by atoms with Gasteiger partial charge in [-0.25, -0.2) is 0 Å². The average molecular weight is 360 g/mol. The van der Waals surface area contributed by atoms with E-state index in [0.717, 1.165) is 30.3 Å². The van der Waals surface area contributed by atoms with Gasteiger partial charge in [-0.05, 0) is 84.2 Å². The molecule has 0 spiro atoms. The van der Waals surface area contributed by atoms with Crippen LogP contribution < -0.4 is 0 Å². The SMILES string of the molecule is C=C(C)C=CCC(CC(CC)N(C)CCC1CCC1CCC)=C(C)CC. The Morgan fingerprint density at radius 1 is 1.12 bits per heavy atom. The van der Waals surface area contributed by atoms with Gasteiger partial charge in [0.05, 0.1) is 0 Å². The van der Waals surface area contributed by atoms with Gasteiger partial charge in [0, 0.05) is 6.04 Å². The van der Waals surface area contributed by atoms with Crippen molar-refractivity contribution in [3.05, 3.63) is 35.5 Å². The second-order valence-corrected chi connectivity index (χ2v) is 8.61. The van der Waals surface area contributed by atoms with Gasteiger partial charge in [-0.1, -0.05) is 69.1 Å². The third kappa shape index (κ3) is 7.82. The van der Waals surface area contributed by atoms with E-state index >= 15 is 0 Å². The van der Waals surface area contributed by atoms with Gasteiger partial charge >= 0.3 is 0 Å². The number of hydrogen-bond donors (Lipinski definition) is 0. The lowest BCUT2D eigenvalue weighted by molar-refractivity contribution is 0.123. The van der Waals surface area contributed by atoms with Crippen molar-refractivity contribution in [3.8, 4) is 0 Å². The molecule has 150 valence electrons. The van der Waals surface area contributed by atoms with Crippen LogP contribution in [0.15, 0.2) is 35.5 Å². The maximum Gasteiger partial charge on any atom is 0.0127 e. The molecule has 0 aliphatic heterocycles. The Labute approximate surface area is 164 Å². The van der Waals surface area contributed by atoms with E-state index in [-0.39, 0.29) is 0 Å². The highest BCUT2D eigenvalue weighted by atomic mass is 15.1. The van der Waals surface area contributed by atoms with Crippen molar-refractivity contribution in [2.24, 2.45) is 11.8 Å². The van der Waals surface area contributed by atoms with Crippen LogP contribution in [0.3, 0.4) is 0 Å². The van der Waals surface area contributed by atoms with Crippen molar-refractivity contribution in [1.82, 2.24) is 4.90 Å². The molecule has 1 aliphatic rings. The Balaban J connectivity index is 2.59. The molecule has 3 atom stereocenters. The lowest BCUT2D eigenvalue weighted by atomic mass is 9.70. The topological polar surface area (TPSA) is 3.24 Å². The summed E-state index contributed by atoms with van der Waals surface area (Å²) < 4.78 is 0. The third-order valence-electron chi connectivity index (χ3n) is 6.56. The van der Waals surface area contributed by atoms with Crippen LogP contribution in [-0.4, -0.2) is 24.5 Å². The van der Waals surface area contributed by atoms with Gasteiger partial charge in [-0.15, -0.1) is 0 Å². The monoisotopic (exact) mass is 359 g/mol. The van der Waals surface area contributed by atoms with Crippen molar-refractivity contribution in [3.63, 3.8) is 0 Å². The number of allylic oxidation sites excluding steroid dienone is 4. The van der Waals surface area contributed by atoms with E-state index in [9.17, 15) is 0 Å². The highest BCUT2D eigenvalue weighted by molar-refractivity contribution is 5.20. The van der Waals surface area contributed by atoms with Crippen LogP contribution in [0, 0.1) is 11.8 Å². The average Bonchev–Trinajstić information content (AvgIpc) is 2.60. The predicted molar refractivity (Wildman–Crippen MR) is 119 cm³/mol. The fourth-order valence-electron chi connectivity index (χ4n) is 4.30. The zero-order valence-corrected chi connectivity index (χ0v) is 18.6. The Morgan fingerprint density at radius 3 is 2.27 bits per heavy atom. The molecule has 1 aliphatic carbocycles. The Morgan fingerprint density at radius 2 is 1.77 bits per heavy atom. The fourth-order valence-corrected chi connectivity index (χ4v) is 4.30. The van der Waals surface area contributed by atoms with Crippen LogP contribution in [-0.2, 0) is 0 Å². The maximum atomic E-state index is 3.98. The first-order chi connectivity index (χ1) is 12.4. The molecule has 0 aromatic carbocycles. The summed E-state index contributed by atoms with van der Waals surface area (Å²) in [5.74, 6) is 2.03. The maximum absolute atomic E-state index is 3.98. The minimum absolute atomic E-state index is 0.675. The molecular weight excluding hydrogens is 314 g/mol. The zero-order chi connectivity index (χ0) is 19.5. The highest BCUT2D eigenvalue weighted by Crippen LogP contribution is 2.40. The molecule has 1 fully saturated rings. The minimum atomic E-state index is 0.675. The standard InChI is InChI=1S/C25H45N/c1-8-12-22-15-16-23(22)17-18-26(7)25(10-3)19-24(21(6)9-2)14-11-13-20(4)5/h11,13,22-23,25H,4,8-10,12,14-19H2,1-3,5-7H3. The van der Waals surface area contributed by atoms with E-state index in [1.54, 1.807) is 11.1 Å². The first-order valence-corrected chi connectivity index (χ1v) is 11.1. The van der Waals surface area contributed by atoms with Crippen LogP contribution in [0.5, 0.6) is 0 Å². The first-order valence-electron chi connectivity index (χ1n) is 11.1. The summed E-state index contributed by atoms with van der Waals surface area (Å²) in [5, 5.41) is 0. The van der Waals surface area contributed by atoms with Gasteiger partial charge < -0.3 is 4.90 Å². The summed E-state index contributed by atoms with van der Waals surface area (Å²) in [6.45, 7) is 16.6. The largest absolute Gasteiger partial charge is 0.303 e. The molecule has 0 amide bonds. The molecule has 0 aromatic rings. The van der Waals surface area contributed by atoms with Crippen LogP contribution >= 0.6 is 0 Å². The van der Waals surface area contributed by atoms with Gasteiger partial charge in [0.2, 0.25) is 0 Å². The minimum Gasteiger partial charge on any atom is -0.303 e. The molecule has 1 heteroatoms. The fraction of sp³-hybridized carbons (Fsp3) is 0.760. The molecule has 1 rings (SSSR count). The lowest BCUT2D eigenvalue weighted by Crippen LogP contribution is -2.36. The first kappa shape index (κ1) is 23.2. The summed E-state index contributed by atoms with van der Waals surface area (Å²) in [5.41, 5.74) is 4.35. The Hall–Kier alpha value is -0.820. The predicted octanol–water partition coefficient (Wildman–Crippen LogP) is 7.55.